The van der Waals surface area contributed by atoms with Crippen LogP contribution in [0.2, 0.25) is 0 Å². The van der Waals surface area contributed by atoms with Gasteiger partial charge in [-0.05, 0) is 0 Å². The Morgan fingerprint density at radius 1 is 1.00 bits per heavy atom. The number of oxime groups is 1. The highest BCUT2D eigenvalue weighted by Gasteiger charge is 2.29. The Kier molecular flexibility index (Phi) is 3.47. The number of non-ortho nitro benzene ring substituents is 1. The van der Waals surface area contributed by atoms with Crippen LogP contribution in [-0.4, -0.2) is 26.2 Å². The molecule has 0 aromatic heterocycles. The Morgan fingerprint density at radius 2 is 1.44 bits per heavy atom. The van der Waals surface area contributed by atoms with E-state index in [0.717, 1.165) is 0 Å². The Labute approximate surface area is 97.4 Å². The number of hydrogen-bond donors (Lipinski definition) is 1. The number of nitro groups is 3. The fourth-order valence-electron chi connectivity index (χ4n) is 1.21. The minimum Gasteiger partial charge on any atom is -0.411 e. The van der Waals surface area contributed by atoms with Crippen molar-refractivity contribution in [3.63, 3.8) is 0 Å². The molecule has 0 bridgehead atoms. The van der Waals surface area contributed by atoms with Crippen molar-refractivity contribution in [2.24, 2.45) is 5.16 Å². The topological polar surface area (TPSA) is 162 Å². The van der Waals surface area contributed by atoms with E-state index in [1.54, 1.807) is 0 Å². The van der Waals surface area contributed by atoms with Gasteiger partial charge in [0.2, 0.25) is 0 Å². The fraction of sp³-hybridized carbons (Fsp3) is 0. The second-order valence-electron chi connectivity index (χ2n) is 2.91. The normalized spacial score (nSPS) is 10.4. The van der Waals surface area contributed by atoms with Gasteiger partial charge in [-0.15, -0.1) is 0 Å². The van der Waals surface area contributed by atoms with Crippen molar-refractivity contribution >= 4 is 23.3 Å². The molecule has 11 heteroatoms. The molecule has 0 unspecified atom stereocenters. The summed E-state index contributed by atoms with van der Waals surface area (Å²) in [4.78, 5) is 28.7. The zero-order valence-electron chi connectivity index (χ0n) is 8.42. The zero-order valence-corrected chi connectivity index (χ0v) is 8.42. The first kappa shape index (κ1) is 13.0. The second-order valence-corrected chi connectivity index (χ2v) is 2.91. The van der Waals surface area contributed by atoms with Crippen LogP contribution in [0.25, 0.3) is 0 Å². The molecule has 0 aliphatic rings. The van der Waals surface area contributed by atoms with Crippen molar-refractivity contribution in [1.82, 2.24) is 0 Å². The number of nitro benzene ring substituents is 3. The molecule has 0 aliphatic heterocycles. The van der Waals surface area contributed by atoms with Crippen LogP contribution < -0.4 is 0 Å². The summed E-state index contributed by atoms with van der Waals surface area (Å²) in [6, 6.07) is 1.09. The van der Waals surface area contributed by atoms with E-state index < -0.39 is 37.4 Å². The lowest BCUT2D eigenvalue weighted by molar-refractivity contribution is -0.403. The van der Waals surface area contributed by atoms with Crippen LogP contribution in [0.1, 0.15) is 5.56 Å². The molecule has 1 aromatic rings. The van der Waals surface area contributed by atoms with E-state index in [-0.39, 0.29) is 0 Å². The second kappa shape index (κ2) is 4.82. The minimum atomic E-state index is -1.04. The van der Waals surface area contributed by atoms with E-state index >= 15 is 0 Å². The molecule has 0 saturated carbocycles. The van der Waals surface area contributed by atoms with Crippen LogP contribution in [0.15, 0.2) is 17.3 Å². The lowest BCUT2D eigenvalue weighted by Gasteiger charge is -1.99. The minimum absolute atomic E-state index is 0.472. The molecule has 1 aromatic carbocycles. The molecule has 11 nitrogen and oxygen atoms in total. The predicted molar refractivity (Wildman–Crippen MR) is 55.8 cm³/mol. The Bertz CT molecular complexity index is 532. The van der Waals surface area contributed by atoms with Crippen LogP contribution >= 0.6 is 0 Å². The van der Waals surface area contributed by atoms with Gasteiger partial charge in [0, 0.05) is 0 Å². The predicted octanol–water partition coefficient (Wildman–Crippen LogP) is 1.22. The monoisotopic (exact) mass is 256 g/mol. The Morgan fingerprint density at radius 3 is 1.72 bits per heavy atom. The van der Waals surface area contributed by atoms with Crippen LogP contribution in [0.3, 0.4) is 0 Å². The van der Waals surface area contributed by atoms with Gasteiger partial charge in [0.15, 0.2) is 5.56 Å². The molecule has 0 atom stereocenters. The number of benzene rings is 1. The summed E-state index contributed by atoms with van der Waals surface area (Å²) in [6.45, 7) is 0. The molecular formula is C7H4N4O7. The number of hydrogen-bond acceptors (Lipinski definition) is 8. The standard InChI is InChI=1S/C7H4N4O7/c12-8-3-5-6(10(15)16)1-4(9(13)14)2-7(5)11(17)18/h1-3,12H/b8-3+. The smallest absolute Gasteiger partial charge is 0.292 e. The SMILES string of the molecule is O=[N+]([O-])c1cc([N+](=O)[O-])c(/C=N/O)c([N+](=O)[O-])c1. The molecule has 18 heavy (non-hydrogen) atoms. The average Bonchev–Trinajstić information content (AvgIpc) is 2.28. The highest BCUT2D eigenvalue weighted by molar-refractivity contribution is 5.91. The van der Waals surface area contributed by atoms with Crippen molar-refractivity contribution in [2.45, 2.75) is 0 Å². The summed E-state index contributed by atoms with van der Waals surface area (Å²) in [7, 11) is 0. The van der Waals surface area contributed by atoms with E-state index in [9.17, 15) is 30.3 Å². The van der Waals surface area contributed by atoms with Crippen molar-refractivity contribution in [1.29, 1.82) is 0 Å². The van der Waals surface area contributed by atoms with E-state index in [1.165, 1.54) is 0 Å². The maximum absolute atomic E-state index is 10.7. The Balaban J connectivity index is 3.70. The molecule has 0 fully saturated rings. The van der Waals surface area contributed by atoms with Gasteiger partial charge in [-0.1, -0.05) is 5.16 Å². The number of rotatable bonds is 4. The molecule has 1 N–H and O–H groups in total. The summed E-state index contributed by atoms with van der Waals surface area (Å²) >= 11 is 0. The van der Waals surface area contributed by atoms with Gasteiger partial charge in [0.05, 0.1) is 33.1 Å². The number of nitrogens with zero attached hydrogens (tertiary/aromatic N) is 4. The average molecular weight is 256 g/mol. The largest absolute Gasteiger partial charge is 0.411 e. The van der Waals surface area contributed by atoms with Gasteiger partial charge < -0.3 is 5.21 Å². The van der Waals surface area contributed by atoms with Crippen molar-refractivity contribution in [2.75, 3.05) is 0 Å². The third-order valence-electron chi connectivity index (χ3n) is 1.91. The van der Waals surface area contributed by atoms with Crippen molar-refractivity contribution in [3.05, 3.63) is 48.0 Å². The lowest BCUT2D eigenvalue weighted by Crippen LogP contribution is -2.02. The highest BCUT2D eigenvalue weighted by atomic mass is 16.6. The van der Waals surface area contributed by atoms with Crippen LogP contribution in [0.4, 0.5) is 17.1 Å². The quantitative estimate of drug-likeness (QED) is 0.366. The molecule has 94 valence electrons. The molecule has 1 rings (SSSR count). The third kappa shape index (κ3) is 2.34. The van der Waals surface area contributed by atoms with Gasteiger partial charge in [0.1, 0.15) is 0 Å². The Hall–Kier alpha value is -3.11. The highest BCUT2D eigenvalue weighted by Crippen LogP contribution is 2.32. The van der Waals surface area contributed by atoms with Gasteiger partial charge in [-0.2, -0.15) is 0 Å². The van der Waals surface area contributed by atoms with E-state index in [1.807, 2.05) is 0 Å². The maximum Gasteiger partial charge on any atom is 0.292 e. The van der Waals surface area contributed by atoms with Crippen molar-refractivity contribution in [3.8, 4) is 0 Å². The van der Waals surface area contributed by atoms with Gasteiger partial charge in [-0.25, -0.2) is 0 Å². The molecule has 0 spiro atoms. The van der Waals surface area contributed by atoms with Crippen molar-refractivity contribution < 1.29 is 20.0 Å². The first-order valence-electron chi connectivity index (χ1n) is 4.17. The van der Waals surface area contributed by atoms with E-state index in [4.69, 9.17) is 5.21 Å². The van der Waals surface area contributed by atoms with Gasteiger partial charge in [0.25, 0.3) is 17.1 Å². The molecular weight excluding hydrogens is 252 g/mol. The molecule has 0 radical (unpaired) electrons. The van der Waals surface area contributed by atoms with Crippen LogP contribution in [0.5, 0.6) is 0 Å². The van der Waals surface area contributed by atoms with Crippen LogP contribution in [0, 0.1) is 30.3 Å². The molecule has 0 heterocycles. The first-order chi connectivity index (χ1) is 8.38. The van der Waals surface area contributed by atoms with E-state index in [2.05, 4.69) is 5.16 Å². The summed E-state index contributed by atoms with van der Waals surface area (Å²) < 4.78 is 0. The zero-order chi connectivity index (χ0) is 13.9. The molecule has 0 amide bonds. The third-order valence-corrected chi connectivity index (χ3v) is 1.91. The summed E-state index contributed by atoms with van der Waals surface area (Å²) in [5.41, 5.74) is -3.22. The molecule has 0 saturated heterocycles. The lowest BCUT2D eigenvalue weighted by atomic mass is 10.1. The summed E-state index contributed by atoms with van der Waals surface area (Å²) in [5, 5.41) is 42.6. The molecule has 0 aliphatic carbocycles. The fourth-order valence-corrected chi connectivity index (χ4v) is 1.21. The maximum atomic E-state index is 10.7. The van der Waals surface area contributed by atoms with Crippen LogP contribution in [-0.2, 0) is 0 Å². The first-order valence-corrected chi connectivity index (χ1v) is 4.17. The van der Waals surface area contributed by atoms with E-state index in [0.29, 0.717) is 18.3 Å². The van der Waals surface area contributed by atoms with Gasteiger partial charge >= 0.3 is 0 Å². The summed E-state index contributed by atoms with van der Waals surface area (Å²) in [6.07, 6.45) is 0.472. The van der Waals surface area contributed by atoms with Gasteiger partial charge in [-0.3, -0.25) is 30.3 Å². The summed E-state index contributed by atoms with van der Waals surface area (Å²) in [5.74, 6) is 0.